The zero-order valence-electron chi connectivity index (χ0n) is 18.1. The largest absolute Gasteiger partial charge is 0.338 e. The Morgan fingerprint density at radius 2 is 2.06 bits per heavy atom. The Kier molecular flexibility index (Phi) is 11.7. The lowest BCUT2D eigenvalue weighted by Crippen LogP contribution is -2.37. The van der Waals surface area contributed by atoms with Crippen LogP contribution in [0.2, 0.25) is 0 Å². The number of hydrogen-bond acceptors (Lipinski definition) is 6. The maximum atomic E-state index is 12.8. The number of pyridine rings is 1. The maximum Gasteiger partial charge on any atom is 0.314 e. The van der Waals surface area contributed by atoms with Gasteiger partial charge in [-0.2, -0.15) is 0 Å². The van der Waals surface area contributed by atoms with Crippen LogP contribution in [0.25, 0.3) is 0 Å². The van der Waals surface area contributed by atoms with E-state index in [-0.39, 0.29) is 17.2 Å². The number of aldehydes is 1. The minimum absolute atomic E-state index is 0.166. The van der Waals surface area contributed by atoms with Crippen molar-refractivity contribution in [2.75, 3.05) is 37.2 Å². The second-order valence-electron chi connectivity index (χ2n) is 7.32. The fourth-order valence-electron chi connectivity index (χ4n) is 3.32. The molecule has 2 rings (SSSR count). The topological polar surface area (TPSA) is 103 Å². The maximum absolute atomic E-state index is 12.8. The number of anilines is 1. The monoisotopic (exact) mass is 447 g/mol. The van der Waals surface area contributed by atoms with Gasteiger partial charge in [-0.05, 0) is 63.0 Å². The van der Waals surface area contributed by atoms with Crippen molar-refractivity contribution in [2.45, 2.75) is 44.4 Å². The molecule has 31 heavy (non-hydrogen) atoms. The van der Waals surface area contributed by atoms with Gasteiger partial charge < -0.3 is 16.0 Å². The molecule has 8 nitrogen and oxygen atoms in total. The number of rotatable bonds is 12. The van der Waals surface area contributed by atoms with E-state index < -0.39 is 0 Å². The number of hydrogen-bond donors (Lipinski definition) is 3. The third kappa shape index (κ3) is 9.97. The molecular weight excluding hydrogens is 414 g/mol. The van der Waals surface area contributed by atoms with E-state index in [0.717, 1.165) is 25.2 Å². The van der Waals surface area contributed by atoms with Crippen LogP contribution in [0.4, 0.5) is 10.6 Å². The Bertz CT molecular complexity index is 738. The normalized spacial score (nSPS) is 15.4. The number of carbonyl (C=O) groups excluding carboxylic acids is 3. The molecule has 0 bridgehead atoms. The van der Waals surface area contributed by atoms with Gasteiger partial charge in [-0.15, -0.1) is 11.8 Å². The molecule has 1 unspecified atom stereocenters. The number of urea groups is 1. The molecule has 0 saturated carbocycles. The van der Waals surface area contributed by atoms with Gasteiger partial charge in [0, 0.05) is 31.6 Å². The minimum Gasteiger partial charge on any atom is -0.338 e. The number of piperidine rings is 1. The van der Waals surface area contributed by atoms with Gasteiger partial charge in [-0.1, -0.05) is 12.5 Å². The summed E-state index contributed by atoms with van der Waals surface area (Å²) in [5.74, 6) is 0.943. The van der Waals surface area contributed by atoms with Crippen LogP contribution in [0.5, 0.6) is 0 Å². The molecule has 0 aliphatic carbocycles. The van der Waals surface area contributed by atoms with Crippen LogP contribution in [0.15, 0.2) is 30.5 Å². The van der Waals surface area contributed by atoms with Crippen LogP contribution < -0.4 is 16.0 Å². The summed E-state index contributed by atoms with van der Waals surface area (Å²) < 4.78 is 0. The summed E-state index contributed by atoms with van der Waals surface area (Å²) >= 11 is 1.43. The Morgan fingerprint density at radius 1 is 1.26 bits per heavy atom. The molecule has 170 valence electrons. The molecule has 1 aliphatic rings. The first-order valence-electron chi connectivity index (χ1n) is 10.8. The zero-order chi connectivity index (χ0) is 22.3. The summed E-state index contributed by atoms with van der Waals surface area (Å²) in [7, 11) is 0. The van der Waals surface area contributed by atoms with Crippen molar-refractivity contribution in [1.29, 1.82) is 0 Å². The number of carbonyl (C=O) groups is 3. The number of aromatic nitrogens is 1. The van der Waals surface area contributed by atoms with Crippen LogP contribution >= 0.6 is 11.8 Å². The van der Waals surface area contributed by atoms with Crippen molar-refractivity contribution in [3.8, 4) is 0 Å². The minimum atomic E-state index is -0.389. The average Bonchev–Trinajstić information content (AvgIpc) is 2.76. The number of amides is 3. The summed E-state index contributed by atoms with van der Waals surface area (Å²) in [5.41, 5.74) is 1.13. The lowest BCUT2D eigenvalue weighted by Gasteiger charge is -2.26. The predicted octanol–water partition coefficient (Wildman–Crippen LogP) is 2.57. The van der Waals surface area contributed by atoms with Crippen molar-refractivity contribution in [3.63, 3.8) is 0 Å². The van der Waals surface area contributed by atoms with E-state index in [9.17, 15) is 14.4 Å². The lowest BCUT2D eigenvalue weighted by atomic mass is 10.1. The molecule has 9 heteroatoms. The number of thioether (sulfide) groups is 1. The molecule has 2 heterocycles. The van der Waals surface area contributed by atoms with Crippen LogP contribution in [-0.2, 0) is 16.1 Å². The van der Waals surface area contributed by atoms with Crippen molar-refractivity contribution in [2.24, 2.45) is 0 Å². The smallest absolute Gasteiger partial charge is 0.314 e. The standard InChI is InChI=1S/C22H33N5O3S/c1-2-23-22(30)25-11-15-31-19(8-4-7-14-28)21(29)26-20-16-18(9-10-24-20)17-27-12-5-3-6-13-27/h4,7,9-10,14,16,19H,2-3,5-6,8,11-13,15,17H2,1H3,(H2,23,25,30)(H,24,26,29)/b7-4-. The molecule has 0 aromatic carbocycles. The van der Waals surface area contributed by atoms with Crippen molar-refractivity contribution in [1.82, 2.24) is 20.5 Å². The highest BCUT2D eigenvalue weighted by Crippen LogP contribution is 2.19. The Hall–Kier alpha value is -2.39. The third-order valence-corrected chi connectivity index (χ3v) is 6.08. The molecule has 1 aromatic heterocycles. The van der Waals surface area contributed by atoms with E-state index in [2.05, 4.69) is 25.8 Å². The molecule has 3 N–H and O–H groups in total. The quantitative estimate of drug-likeness (QED) is 0.259. The molecule has 3 amide bonds. The second-order valence-corrected chi connectivity index (χ2v) is 8.63. The molecule has 1 atom stereocenters. The highest BCUT2D eigenvalue weighted by Gasteiger charge is 2.19. The molecule has 1 saturated heterocycles. The fourth-order valence-corrected chi connectivity index (χ4v) is 4.28. The highest BCUT2D eigenvalue weighted by atomic mass is 32.2. The Morgan fingerprint density at radius 3 is 2.81 bits per heavy atom. The van der Waals surface area contributed by atoms with Crippen LogP contribution in [0.1, 0.15) is 38.2 Å². The van der Waals surface area contributed by atoms with Crippen molar-refractivity contribution >= 4 is 35.8 Å². The first-order chi connectivity index (χ1) is 15.1. The van der Waals surface area contributed by atoms with E-state index in [4.69, 9.17) is 0 Å². The molecule has 1 fully saturated rings. The van der Waals surface area contributed by atoms with E-state index in [1.807, 2.05) is 19.1 Å². The van der Waals surface area contributed by atoms with Gasteiger partial charge in [0.15, 0.2) is 0 Å². The average molecular weight is 448 g/mol. The van der Waals surface area contributed by atoms with Gasteiger partial charge in [-0.25, -0.2) is 9.78 Å². The number of allylic oxidation sites excluding steroid dienone is 2. The van der Waals surface area contributed by atoms with Crippen molar-refractivity contribution < 1.29 is 14.4 Å². The van der Waals surface area contributed by atoms with Crippen molar-refractivity contribution in [3.05, 3.63) is 36.0 Å². The fraction of sp³-hybridized carbons (Fsp3) is 0.545. The predicted molar refractivity (Wildman–Crippen MR) is 125 cm³/mol. The van der Waals surface area contributed by atoms with Crippen LogP contribution in [0.3, 0.4) is 0 Å². The van der Waals surface area contributed by atoms with Gasteiger partial charge in [0.1, 0.15) is 12.1 Å². The van der Waals surface area contributed by atoms with E-state index >= 15 is 0 Å². The molecule has 1 aromatic rings. The number of likely N-dealkylation sites (tertiary alicyclic amines) is 1. The molecular formula is C22H33N5O3S. The van der Waals surface area contributed by atoms with E-state index in [1.165, 1.54) is 37.1 Å². The summed E-state index contributed by atoms with van der Waals surface area (Å²) in [6.07, 6.45) is 9.68. The lowest BCUT2D eigenvalue weighted by molar-refractivity contribution is -0.115. The molecule has 0 spiro atoms. The molecule has 1 aliphatic heterocycles. The summed E-state index contributed by atoms with van der Waals surface area (Å²) in [5, 5.41) is 7.93. The first kappa shape index (κ1) is 24.9. The molecule has 0 radical (unpaired) electrons. The Labute approximate surface area is 188 Å². The summed E-state index contributed by atoms with van der Waals surface area (Å²) in [6.45, 7) is 5.93. The summed E-state index contributed by atoms with van der Waals surface area (Å²) in [4.78, 5) is 41.6. The Balaban J connectivity index is 1.90. The first-order valence-corrected chi connectivity index (χ1v) is 11.9. The SMILES string of the molecule is CCNC(=O)NCCSC(C/C=C\C=O)C(=O)Nc1cc(CN2CCCCC2)ccn1. The van der Waals surface area contributed by atoms with Crippen LogP contribution in [0, 0.1) is 0 Å². The van der Waals surface area contributed by atoms with Gasteiger partial charge in [0.2, 0.25) is 5.91 Å². The van der Waals surface area contributed by atoms with Crippen LogP contribution in [-0.4, -0.2) is 65.3 Å². The van der Waals surface area contributed by atoms with Gasteiger partial charge in [0.25, 0.3) is 0 Å². The number of nitrogens with one attached hydrogen (secondary N) is 3. The van der Waals surface area contributed by atoms with Gasteiger partial charge in [-0.3, -0.25) is 14.5 Å². The number of nitrogens with zero attached hydrogens (tertiary/aromatic N) is 2. The second kappa shape index (κ2) is 14.6. The zero-order valence-corrected chi connectivity index (χ0v) is 19.0. The van der Waals surface area contributed by atoms with E-state index in [1.54, 1.807) is 12.3 Å². The van der Waals surface area contributed by atoms with Gasteiger partial charge in [0.05, 0.1) is 5.25 Å². The van der Waals surface area contributed by atoms with Gasteiger partial charge >= 0.3 is 6.03 Å². The third-order valence-electron chi connectivity index (χ3n) is 4.83. The highest BCUT2D eigenvalue weighted by molar-refractivity contribution is 8.00. The summed E-state index contributed by atoms with van der Waals surface area (Å²) in [6, 6.07) is 3.68. The van der Waals surface area contributed by atoms with E-state index in [0.29, 0.717) is 37.4 Å².